The van der Waals surface area contributed by atoms with Gasteiger partial charge in [0.05, 0.1) is 18.7 Å². The number of para-hydroxylation sites is 1. The minimum absolute atomic E-state index is 0.115. The van der Waals surface area contributed by atoms with Crippen molar-refractivity contribution >= 4 is 45.8 Å². The Balaban J connectivity index is 1.59. The first kappa shape index (κ1) is 21.6. The second-order valence-corrected chi connectivity index (χ2v) is 10.9. The molecule has 3 aliphatic rings. The number of hydrogen-bond donors (Lipinski definition) is 0. The average Bonchev–Trinajstić information content (AvgIpc) is 3.57. The average molecular weight is 490 g/mol. The highest BCUT2D eigenvalue weighted by Crippen LogP contribution is 2.66. The minimum atomic E-state index is -1.20. The molecule has 3 atom stereocenters. The van der Waals surface area contributed by atoms with E-state index in [1.807, 2.05) is 78.7 Å². The van der Waals surface area contributed by atoms with Crippen molar-refractivity contribution in [2.75, 3.05) is 25.5 Å². The van der Waals surface area contributed by atoms with Crippen molar-refractivity contribution in [2.24, 2.45) is 0 Å². The van der Waals surface area contributed by atoms with Crippen LogP contribution in [0.5, 0.6) is 0 Å². The number of nitrogens with zero attached hydrogens (tertiary/aromatic N) is 3. The van der Waals surface area contributed by atoms with Gasteiger partial charge in [-0.15, -0.1) is 0 Å². The normalized spacial score (nSPS) is 28.6. The molecule has 3 aliphatic heterocycles. The summed E-state index contributed by atoms with van der Waals surface area (Å²) in [6, 6.07) is 21.3. The Kier molecular flexibility index (Phi) is 4.78. The Hall–Kier alpha value is -2.94. The first-order chi connectivity index (χ1) is 16.4. The van der Waals surface area contributed by atoms with Crippen LogP contribution in [-0.2, 0) is 21.7 Å². The molecule has 0 aliphatic carbocycles. The standard InChI is InChI=1S/C26H23N3O3S2/c1-27-16-19(21-13-8-14-32-21)26(25(27)18-11-6-7-12-20(18)28(2)22(25)30)23(31)29(24(33)34-26)15-17-9-4-3-5-10-17/h3-14,19H,15-16H2,1-2H3/t19-,25+,26+/m1/s1. The number of rotatable bonds is 3. The summed E-state index contributed by atoms with van der Waals surface area (Å²) in [7, 11) is 3.71. The van der Waals surface area contributed by atoms with Crippen LogP contribution in [0, 0.1) is 0 Å². The number of likely N-dealkylation sites (tertiary alicyclic amines) is 1. The van der Waals surface area contributed by atoms with Crippen molar-refractivity contribution in [3.8, 4) is 0 Å². The number of benzene rings is 2. The first-order valence-corrected chi connectivity index (χ1v) is 12.4. The summed E-state index contributed by atoms with van der Waals surface area (Å²) < 4.78 is 5.16. The Morgan fingerprint density at radius 3 is 2.47 bits per heavy atom. The highest BCUT2D eigenvalue weighted by atomic mass is 32.2. The molecule has 3 aromatic rings. The molecule has 6 rings (SSSR count). The smallest absolute Gasteiger partial charge is 0.254 e. The van der Waals surface area contributed by atoms with Gasteiger partial charge < -0.3 is 9.32 Å². The summed E-state index contributed by atoms with van der Waals surface area (Å²) in [6.07, 6.45) is 1.62. The maximum Gasteiger partial charge on any atom is 0.254 e. The molecule has 2 saturated heterocycles. The van der Waals surface area contributed by atoms with E-state index in [4.69, 9.17) is 16.6 Å². The topological polar surface area (TPSA) is 57.0 Å². The Morgan fingerprint density at radius 1 is 1.00 bits per heavy atom. The van der Waals surface area contributed by atoms with Gasteiger partial charge in [-0.3, -0.25) is 19.4 Å². The molecule has 2 amide bonds. The van der Waals surface area contributed by atoms with Crippen LogP contribution in [0.3, 0.4) is 0 Å². The Morgan fingerprint density at radius 2 is 1.74 bits per heavy atom. The first-order valence-electron chi connectivity index (χ1n) is 11.1. The second-order valence-electron chi connectivity index (χ2n) is 9.02. The number of hydrogen-bond acceptors (Lipinski definition) is 6. The third-order valence-corrected chi connectivity index (χ3v) is 9.37. The number of furan rings is 1. The summed E-state index contributed by atoms with van der Waals surface area (Å²) in [5, 5.41) is 0. The van der Waals surface area contributed by atoms with Crippen molar-refractivity contribution in [1.82, 2.24) is 9.80 Å². The Bertz CT molecular complexity index is 1310. The molecule has 0 radical (unpaired) electrons. The Labute approximate surface area is 207 Å². The van der Waals surface area contributed by atoms with Crippen LogP contribution in [0.15, 0.2) is 77.4 Å². The number of thiocarbonyl (C=S) groups is 1. The van der Waals surface area contributed by atoms with Crippen molar-refractivity contribution in [1.29, 1.82) is 0 Å². The van der Waals surface area contributed by atoms with Gasteiger partial charge in [-0.05, 0) is 30.8 Å². The lowest BCUT2D eigenvalue weighted by atomic mass is 9.73. The van der Waals surface area contributed by atoms with Gasteiger partial charge in [0.2, 0.25) is 5.91 Å². The summed E-state index contributed by atoms with van der Waals surface area (Å²) in [5.74, 6) is 0.0759. The quantitative estimate of drug-likeness (QED) is 0.519. The number of amides is 2. The van der Waals surface area contributed by atoms with Gasteiger partial charge in [0.1, 0.15) is 14.8 Å². The van der Waals surface area contributed by atoms with Gasteiger partial charge in [-0.25, -0.2) is 0 Å². The van der Waals surface area contributed by atoms with Crippen molar-refractivity contribution < 1.29 is 14.0 Å². The van der Waals surface area contributed by atoms with Crippen LogP contribution in [0.2, 0.25) is 0 Å². The second kappa shape index (κ2) is 7.53. The van der Waals surface area contributed by atoms with E-state index in [1.165, 1.54) is 11.8 Å². The lowest BCUT2D eigenvalue weighted by Crippen LogP contribution is -2.62. The summed E-state index contributed by atoms with van der Waals surface area (Å²) in [4.78, 5) is 34.2. The van der Waals surface area contributed by atoms with Crippen LogP contribution in [0.25, 0.3) is 0 Å². The van der Waals surface area contributed by atoms with Crippen LogP contribution >= 0.6 is 24.0 Å². The van der Waals surface area contributed by atoms with Gasteiger partial charge in [0.15, 0.2) is 5.54 Å². The molecular weight excluding hydrogens is 466 g/mol. The van der Waals surface area contributed by atoms with Crippen molar-refractivity contribution in [2.45, 2.75) is 22.7 Å². The molecule has 2 fully saturated rings. The third kappa shape index (κ3) is 2.53. The number of likely N-dealkylation sites (N-methyl/N-ethyl adjacent to an activating group) is 2. The molecular formula is C26H23N3O3S2. The fraction of sp³-hybridized carbons (Fsp3) is 0.269. The molecule has 0 saturated carbocycles. The zero-order valence-electron chi connectivity index (χ0n) is 18.8. The molecule has 0 unspecified atom stereocenters. The maximum absolute atomic E-state index is 14.6. The van der Waals surface area contributed by atoms with Gasteiger partial charge in [0, 0.05) is 24.8 Å². The molecule has 2 spiro atoms. The molecule has 6 nitrogen and oxygen atoms in total. The van der Waals surface area contributed by atoms with E-state index in [0.717, 1.165) is 16.8 Å². The summed E-state index contributed by atoms with van der Waals surface area (Å²) in [5.41, 5.74) is 1.44. The molecule has 4 heterocycles. The highest BCUT2D eigenvalue weighted by molar-refractivity contribution is 8.25. The zero-order chi connectivity index (χ0) is 23.7. The number of carbonyl (C=O) groups excluding carboxylic acids is 2. The van der Waals surface area contributed by atoms with E-state index < -0.39 is 10.3 Å². The number of thioether (sulfide) groups is 1. The summed E-state index contributed by atoms with van der Waals surface area (Å²) >= 11 is 7.17. The molecule has 0 N–H and O–H groups in total. The largest absolute Gasteiger partial charge is 0.469 e. The number of fused-ring (bicyclic) bond motifs is 3. The minimum Gasteiger partial charge on any atom is -0.469 e. The fourth-order valence-corrected chi connectivity index (χ4v) is 8.10. The molecule has 34 heavy (non-hydrogen) atoms. The SMILES string of the molecule is CN1C(=O)[C@]2(c3ccccc31)N(C)C[C@H](c1ccco1)[C@@]21SC(=S)N(Cc2ccccc2)C1=O. The van der Waals surface area contributed by atoms with Crippen LogP contribution in [-0.4, -0.2) is 51.3 Å². The van der Waals surface area contributed by atoms with E-state index in [0.29, 0.717) is 23.2 Å². The van der Waals surface area contributed by atoms with E-state index in [2.05, 4.69) is 0 Å². The number of anilines is 1. The van der Waals surface area contributed by atoms with Gasteiger partial charge in [-0.1, -0.05) is 72.5 Å². The van der Waals surface area contributed by atoms with Gasteiger partial charge in [-0.2, -0.15) is 0 Å². The highest BCUT2D eigenvalue weighted by Gasteiger charge is 2.79. The van der Waals surface area contributed by atoms with Crippen LogP contribution < -0.4 is 4.90 Å². The molecule has 1 aromatic heterocycles. The van der Waals surface area contributed by atoms with Crippen molar-refractivity contribution in [3.05, 3.63) is 89.9 Å². The molecule has 0 bridgehead atoms. The maximum atomic E-state index is 14.6. The van der Waals surface area contributed by atoms with Gasteiger partial charge in [0.25, 0.3) is 5.91 Å². The predicted molar refractivity (Wildman–Crippen MR) is 136 cm³/mol. The van der Waals surface area contributed by atoms with E-state index in [1.54, 1.807) is 23.1 Å². The van der Waals surface area contributed by atoms with E-state index >= 15 is 0 Å². The van der Waals surface area contributed by atoms with Crippen LogP contribution in [0.4, 0.5) is 5.69 Å². The third-order valence-electron chi connectivity index (χ3n) is 7.43. The van der Waals surface area contributed by atoms with Crippen molar-refractivity contribution in [3.63, 3.8) is 0 Å². The zero-order valence-corrected chi connectivity index (χ0v) is 20.4. The fourth-order valence-electron chi connectivity index (χ4n) is 5.99. The van der Waals surface area contributed by atoms with Gasteiger partial charge >= 0.3 is 0 Å². The molecule has 8 heteroatoms. The molecule has 2 aromatic carbocycles. The lowest BCUT2D eigenvalue weighted by Gasteiger charge is -2.41. The lowest BCUT2D eigenvalue weighted by molar-refractivity contribution is -0.139. The monoisotopic (exact) mass is 489 g/mol. The molecule has 172 valence electrons. The van der Waals surface area contributed by atoms with Crippen LogP contribution in [0.1, 0.15) is 22.8 Å². The van der Waals surface area contributed by atoms with E-state index in [-0.39, 0.29) is 17.7 Å². The summed E-state index contributed by atoms with van der Waals surface area (Å²) in [6.45, 7) is 0.853. The number of carbonyl (C=O) groups is 2. The predicted octanol–water partition coefficient (Wildman–Crippen LogP) is 3.98. The van der Waals surface area contributed by atoms with E-state index in [9.17, 15) is 9.59 Å².